The predicted molar refractivity (Wildman–Crippen MR) is 116 cm³/mol. The summed E-state index contributed by atoms with van der Waals surface area (Å²) in [5.74, 6) is -0.0249. The zero-order chi connectivity index (χ0) is 21.3. The molecule has 152 valence electrons. The molecule has 1 aliphatic heterocycles. The third-order valence-electron chi connectivity index (χ3n) is 4.87. The molecule has 0 radical (unpaired) electrons. The first-order chi connectivity index (χ1) is 14.6. The summed E-state index contributed by atoms with van der Waals surface area (Å²) in [6, 6.07) is 18.7. The van der Waals surface area contributed by atoms with E-state index in [0.29, 0.717) is 35.4 Å². The molecule has 2 aromatic rings. The van der Waals surface area contributed by atoms with Crippen LogP contribution in [0.1, 0.15) is 42.9 Å². The highest BCUT2D eigenvalue weighted by Gasteiger charge is 2.30. The maximum atomic E-state index is 13.2. The molecule has 5 nitrogen and oxygen atoms in total. The zero-order valence-corrected chi connectivity index (χ0v) is 17.0. The average Bonchev–Trinajstić information content (AvgIpc) is 3.21. The molecule has 1 saturated heterocycles. The maximum Gasteiger partial charge on any atom is 0.414 e. The average molecular weight is 400 g/mol. The summed E-state index contributed by atoms with van der Waals surface area (Å²) in [4.78, 5) is 27.1. The van der Waals surface area contributed by atoms with Crippen molar-refractivity contribution in [2.75, 3.05) is 13.2 Å². The van der Waals surface area contributed by atoms with Crippen LogP contribution >= 0.6 is 0 Å². The molecule has 1 fully saturated rings. The number of ketones is 1. The Hall–Kier alpha value is -3.65. The molecule has 0 N–H and O–H groups in total. The molecule has 1 heterocycles. The minimum Gasteiger partial charge on any atom is -0.447 e. The number of unbranched alkanes of at least 4 members (excludes halogenated alkanes) is 1. The van der Waals surface area contributed by atoms with Crippen LogP contribution in [0.15, 0.2) is 66.2 Å². The van der Waals surface area contributed by atoms with E-state index in [1.807, 2.05) is 43.3 Å². The van der Waals surface area contributed by atoms with E-state index < -0.39 is 6.09 Å². The van der Waals surface area contributed by atoms with Gasteiger partial charge >= 0.3 is 6.09 Å². The lowest BCUT2D eigenvalue weighted by atomic mass is 9.97. The van der Waals surface area contributed by atoms with Gasteiger partial charge in [0.25, 0.3) is 0 Å². The van der Waals surface area contributed by atoms with E-state index in [-0.39, 0.29) is 12.4 Å². The molecule has 5 heteroatoms. The fraction of sp³-hybridized carbons (Fsp3) is 0.240. The van der Waals surface area contributed by atoms with Crippen LogP contribution in [0.4, 0.5) is 4.79 Å². The van der Waals surface area contributed by atoms with Gasteiger partial charge in [0.1, 0.15) is 6.61 Å². The molecule has 0 atom stereocenters. The van der Waals surface area contributed by atoms with Gasteiger partial charge in [0.2, 0.25) is 0 Å². The summed E-state index contributed by atoms with van der Waals surface area (Å²) in [5.41, 5.74) is 3.17. The van der Waals surface area contributed by atoms with Crippen molar-refractivity contribution in [1.82, 2.24) is 4.90 Å². The molecule has 3 rings (SSSR count). The van der Waals surface area contributed by atoms with Gasteiger partial charge in [-0.05, 0) is 35.8 Å². The van der Waals surface area contributed by atoms with Crippen molar-refractivity contribution in [3.63, 3.8) is 0 Å². The van der Waals surface area contributed by atoms with E-state index in [1.54, 1.807) is 30.3 Å². The van der Waals surface area contributed by atoms with Crippen LogP contribution in [0.3, 0.4) is 0 Å². The summed E-state index contributed by atoms with van der Waals surface area (Å²) >= 11 is 0. The summed E-state index contributed by atoms with van der Waals surface area (Å²) < 4.78 is 5.15. The standard InChI is InChI=1S/C25H24N2O3/c1-2-3-9-23(28)22(15-12-19-7-5-4-6-8-19)24(27-16-17-30-25(27)29)21-13-10-20(18-26)11-14-21/h4-8,10-15H,2-3,9,16-17H2,1H3/b15-12+,24-22+. The van der Waals surface area contributed by atoms with Crippen LogP contribution in [0.2, 0.25) is 0 Å². The Bertz CT molecular complexity index is 999. The van der Waals surface area contributed by atoms with Crippen molar-refractivity contribution in [1.29, 1.82) is 5.26 Å². The number of hydrogen-bond donors (Lipinski definition) is 0. The fourth-order valence-electron chi connectivity index (χ4n) is 3.28. The second-order valence-electron chi connectivity index (χ2n) is 6.99. The van der Waals surface area contributed by atoms with Crippen LogP contribution < -0.4 is 0 Å². The van der Waals surface area contributed by atoms with Crippen LogP contribution in [0.25, 0.3) is 11.8 Å². The molecule has 0 aliphatic carbocycles. The summed E-state index contributed by atoms with van der Waals surface area (Å²) in [6.45, 7) is 2.69. The van der Waals surface area contributed by atoms with Crippen LogP contribution in [0, 0.1) is 11.3 Å². The van der Waals surface area contributed by atoms with Crippen LogP contribution in [0.5, 0.6) is 0 Å². The topological polar surface area (TPSA) is 70.4 Å². The van der Waals surface area contributed by atoms with Crippen molar-refractivity contribution in [2.45, 2.75) is 26.2 Å². The number of hydrogen-bond acceptors (Lipinski definition) is 4. The Morgan fingerprint density at radius 1 is 1.17 bits per heavy atom. The van der Waals surface area contributed by atoms with Gasteiger partial charge in [-0.25, -0.2) is 4.79 Å². The van der Waals surface area contributed by atoms with Crippen molar-refractivity contribution >= 4 is 23.6 Å². The molecule has 1 aliphatic rings. The van der Waals surface area contributed by atoms with E-state index in [1.165, 1.54) is 4.90 Å². The highest BCUT2D eigenvalue weighted by atomic mass is 16.6. The van der Waals surface area contributed by atoms with E-state index >= 15 is 0 Å². The number of rotatable bonds is 8. The van der Waals surface area contributed by atoms with Gasteiger partial charge in [0.05, 0.1) is 23.9 Å². The fourth-order valence-corrected chi connectivity index (χ4v) is 3.28. The largest absolute Gasteiger partial charge is 0.447 e. The smallest absolute Gasteiger partial charge is 0.414 e. The van der Waals surface area contributed by atoms with E-state index in [2.05, 4.69) is 6.07 Å². The Kier molecular flexibility index (Phi) is 7.18. The number of nitrogens with zero attached hydrogens (tertiary/aromatic N) is 2. The second kappa shape index (κ2) is 10.2. The van der Waals surface area contributed by atoms with E-state index in [4.69, 9.17) is 10.00 Å². The number of Topliss-reactive ketones (excluding diaryl/α,β-unsaturated/α-hetero) is 1. The molecular weight excluding hydrogens is 376 g/mol. The number of amides is 1. The Labute approximate surface area is 176 Å². The van der Waals surface area contributed by atoms with Gasteiger partial charge < -0.3 is 4.74 Å². The molecule has 0 bridgehead atoms. The molecule has 0 unspecified atom stereocenters. The van der Waals surface area contributed by atoms with Gasteiger partial charge in [-0.2, -0.15) is 5.26 Å². The van der Waals surface area contributed by atoms with Gasteiger partial charge in [-0.3, -0.25) is 9.69 Å². The number of allylic oxidation sites excluding steroid dienone is 2. The highest BCUT2D eigenvalue weighted by molar-refractivity contribution is 6.07. The quantitative estimate of drug-likeness (QED) is 0.451. The van der Waals surface area contributed by atoms with Crippen molar-refractivity contribution in [3.05, 3.63) is 82.9 Å². The Morgan fingerprint density at radius 2 is 1.90 bits per heavy atom. The number of cyclic esters (lactones) is 1. The highest BCUT2D eigenvalue weighted by Crippen LogP contribution is 2.29. The van der Waals surface area contributed by atoms with Crippen molar-refractivity contribution < 1.29 is 14.3 Å². The van der Waals surface area contributed by atoms with E-state index in [0.717, 1.165) is 18.4 Å². The molecule has 0 saturated carbocycles. The molecule has 0 aromatic heterocycles. The number of ether oxygens (including phenoxy) is 1. The van der Waals surface area contributed by atoms with Gasteiger partial charge in [-0.1, -0.05) is 61.9 Å². The molecular formula is C25H24N2O3. The first kappa shape index (κ1) is 21.1. The molecule has 30 heavy (non-hydrogen) atoms. The van der Waals surface area contributed by atoms with Gasteiger partial charge in [-0.15, -0.1) is 0 Å². The normalized spacial score (nSPS) is 14.4. The van der Waals surface area contributed by atoms with Crippen molar-refractivity contribution in [2.24, 2.45) is 0 Å². The minimum atomic E-state index is -0.469. The third kappa shape index (κ3) is 5.03. The number of benzene rings is 2. The molecule has 1 amide bonds. The summed E-state index contributed by atoms with van der Waals surface area (Å²) in [5, 5.41) is 9.11. The van der Waals surface area contributed by atoms with E-state index in [9.17, 15) is 9.59 Å². The third-order valence-corrected chi connectivity index (χ3v) is 4.87. The lowest BCUT2D eigenvalue weighted by Crippen LogP contribution is -2.25. The zero-order valence-electron chi connectivity index (χ0n) is 17.0. The first-order valence-electron chi connectivity index (χ1n) is 10.1. The second-order valence-corrected chi connectivity index (χ2v) is 6.99. The van der Waals surface area contributed by atoms with Crippen molar-refractivity contribution in [3.8, 4) is 6.07 Å². The predicted octanol–water partition coefficient (Wildman–Crippen LogP) is 5.19. The van der Waals surface area contributed by atoms with Crippen LogP contribution in [-0.2, 0) is 9.53 Å². The Balaban J connectivity index is 2.15. The first-order valence-corrected chi connectivity index (χ1v) is 10.1. The Morgan fingerprint density at radius 3 is 2.50 bits per heavy atom. The summed E-state index contributed by atoms with van der Waals surface area (Å²) in [6.07, 6.45) is 5.26. The lowest BCUT2D eigenvalue weighted by molar-refractivity contribution is -0.115. The summed E-state index contributed by atoms with van der Waals surface area (Å²) in [7, 11) is 0. The van der Waals surface area contributed by atoms with Crippen LogP contribution in [-0.4, -0.2) is 29.9 Å². The molecule has 0 spiro atoms. The monoisotopic (exact) mass is 400 g/mol. The number of nitriles is 1. The van der Waals surface area contributed by atoms with Gasteiger partial charge in [0, 0.05) is 12.0 Å². The molecule has 2 aromatic carbocycles. The number of carbonyl (C=O) groups excluding carboxylic acids is 2. The SMILES string of the molecule is CCCCC(=O)C(/C=C/c1ccccc1)=C(\c1ccc(C#N)cc1)N1CCOC1=O. The minimum absolute atomic E-state index is 0.0249. The number of carbonyl (C=O) groups is 2. The van der Waals surface area contributed by atoms with Gasteiger partial charge in [0.15, 0.2) is 5.78 Å². The maximum absolute atomic E-state index is 13.2. The lowest BCUT2D eigenvalue weighted by Gasteiger charge is -2.21.